The summed E-state index contributed by atoms with van der Waals surface area (Å²) < 4.78 is 12.2. The van der Waals surface area contributed by atoms with Crippen LogP contribution in [0.3, 0.4) is 0 Å². The highest BCUT2D eigenvalue weighted by Crippen LogP contribution is 2.51. The average molecular weight is 446 g/mol. The normalized spacial score (nSPS) is 27.9. The first-order valence-corrected chi connectivity index (χ1v) is 10.6. The van der Waals surface area contributed by atoms with Gasteiger partial charge in [-0.1, -0.05) is 29.3 Å². The minimum Gasteiger partial charge on any atom is -0.484 e. The van der Waals surface area contributed by atoms with E-state index in [1.54, 1.807) is 13.1 Å². The van der Waals surface area contributed by atoms with Crippen LogP contribution < -0.4 is 10.5 Å². The van der Waals surface area contributed by atoms with Crippen molar-refractivity contribution in [3.05, 3.63) is 52.0 Å². The second-order valence-corrected chi connectivity index (χ2v) is 9.05. The van der Waals surface area contributed by atoms with Gasteiger partial charge in [-0.15, -0.1) is 0 Å². The Morgan fingerprint density at radius 2 is 1.90 bits per heavy atom. The lowest BCUT2D eigenvalue weighted by molar-refractivity contribution is -0.139. The summed E-state index contributed by atoms with van der Waals surface area (Å²) in [5.74, 6) is 0.676. The molecule has 2 atom stereocenters. The first-order valence-electron chi connectivity index (χ1n) is 9.83. The minimum absolute atomic E-state index is 0.157. The lowest BCUT2D eigenvalue weighted by Gasteiger charge is -2.46. The van der Waals surface area contributed by atoms with Crippen LogP contribution in [-0.2, 0) is 15.1 Å². The minimum atomic E-state index is -1.13. The molecule has 3 heterocycles. The molecule has 6 nitrogen and oxygen atoms in total. The highest BCUT2D eigenvalue weighted by atomic mass is 35.5. The van der Waals surface area contributed by atoms with E-state index < -0.39 is 11.1 Å². The zero-order valence-corrected chi connectivity index (χ0v) is 18.0. The molecule has 3 aliphatic rings. The summed E-state index contributed by atoms with van der Waals surface area (Å²) in [6.45, 7) is 1.12. The lowest BCUT2D eigenvalue weighted by atomic mass is 9.74. The van der Waals surface area contributed by atoms with Crippen molar-refractivity contribution in [2.45, 2.75) is 30.4 Å². The van der Waals surface area contributed by atoms with E-state index in [0.717, 1.165) is 24.0 Å². The van der Waals surface area contributed by atoms with Crippen molar-refractivity contribution >= 4 is 35.1 Å². The van der Waals surface area contributed by atoms with Crippen molar-refractivity contribution in [1.29, 1.82) is 0 Å². The van der Waals surface area contributed by atoms with Gasteiger partial charge < -0.3 is 15.2 Å². The third-order valence-electron chi connectivity index (χ3n) is 6.12. The van der Waals surface area contributed by atoms with Gasteiger partial charge in [0.15, 0.2) is 11.5 Å². The topological polar surface area (TPSA) is 77.2 Å². The van der Waals surface area contributed by atoms with Crippen molar-refractivity contribution in [2.75, 3.05) is 20.3 Å². The van der Waals surface area contributed by atoms with Crippen LogP contribution in [0.25, 0.3) is 11.1 Å². The van der Waals surface area contributed by atoms with Gasteiger partial charge in [0.05, 0.1) is 6.61 Å². The number of nitrogens with zero attached hydrogens (tertiary/aromatic N) is 2. The highest BCUT2D eigenvalue weighted by molar-refractivity contribution is 6.35. The predicted octanol–water partition coefficient (Wildman–Crippen LogP) is 3.97. The number of carbonyl (C=O) groups is 1. The molecular weight excluding hydrogens is 425 g/mol. The second-order valence-electron chi connectivity index (χ2n) is 8.18. The molecule has 8 heteroatoms. The number of likely N-dealkylation sites (N-methyl/N-ethyl adjacent to an activating group) is 1. The molecule has 0 saturated carbocycles. The number of guanidine groups is 1. The van der Waals surface area contributed by atoms with Crippen LogP contribution in [0, 0.1) is 0 Å². The Balaban J connectivity index is 1.69. The predicted molar refractivity (Wildman–Crippen MR) is 116 cm³/mol. The van der Waals surface area contributed by atoms with Gasteiger partial charge >= 0.3 is 0 Å². The second kappa shape index (κ2) is 6.87. The zero-order valence-electron chi connectivity index (χ0n) is 16.5. The molecule has 1 saturated heterocycles. The number of hydrogen-bond donors (Lipinski definition) is 1. The Morgan fingerprint density at radius 3 is 2.53 bits per heavy atom. The first-order chi connectivity index (χ1) is 14.3. The number of aliphatic imine (C=N–C) groups is 1. The molecule has 1 amide bonds. The third kappa shape index (κ3) is 2.97. The monoisotopic (exact) mass is 445 g/mol. The quantitative estimate of drug-likeness (QED) is 0.719. The molecule has 1 fully saturated rings. The number of rotatable bonds is 1. The summed E-state index contributed by atoms with van der Waals surface area (Å²) in [7, 11) is 1.65. The van der Waals surface area contributed by atoms with Crippen molar-refractivity contribution in [3.63, 3.8) is 0 Å². The van der Waals surface area contributed by atoms with E-state index in [4.69, 9.17) is 38.4 Å². The summed E-state index contributed by atoms with van der Waals surface area (Å²) in [4.78, 5) is 19.5. The number of fused-ring (bicyclic) bond motifs is 2. The van der Waals surface area contributed by atoms with Crippen LogP contribution in [0.1, 0.15) is 24.8 Å². The van der Waals surface area contributed by atoms with Crippen molar-refractivity contribution < 1.29 is 14.3 Å². The van der Waals surface area contributed by atoms with E-state index >= 15 is 0 Å². The largest absolute Gasteiger partial charge is 0.484 e. The van der Waals surface area contributed by atoms with Gasteiger partial charge in [0, 0.05) is 35.7 Å². The van der Waals surface area contributed by atoms with E-state index in [-0.39, 0.29) is 11.9 Å². The van der Waals surface area contributed by atoms with Crippen LogP contribution in [0.4, 0.5) is 0 Å². The maximum Gasteiger partial charge on any atom is 0.261 e. The van der Waals surface area contributed by atoms with E-state index in [2.05, 4.69) is 4.99 Å². The molecule has 156 valence electrons. The number of ether oxygens (including phenoxy) is 2. The summed E-state index contributed by atoms with van der Waals surface area (Å²) in [6, 6.07) is 11.1. The van der Waals surface area contributed by atoms with Crippen LogP contribution in [-0.4, -0.2) is 42.6 Å². The van der Waals surface area contributed by atoms with Gasteiger partial charge in [0.2, 0.25) is 0 Å². The standard InChI is InChI=1S/C22H21Cl2N3O3/c1-27-19(28)22(26-20(27)25)11-21(5-2-6-29-12-21)30-18-4-3-13(9-17(18)22)14-7-15(23)10-16(24)8-14/h3-4,7-10H,2,5-6,11-12H2,1H3,(H2,25,26)/t21-,22-/m0/s1. The maximum absolute atomic E-state index is 13.4. The van der Waals surface area contributed by atoms with Gasteiger partial charge in [-0.3, -0.25) is 9.69 Å². The van der Waals surface area contributed by atoms with E-state index in [0.29, 0.717) is 41.0 Å². The zero-order chi connectivity index (χ0) is 21.1. The lowest BCUT2D eigenvalue weighted by Crippen LogP contribution is -2.55. The molecule has 0 bridgehead atoms. The molecule has 5 rings (SSSR count). The van der Waals surface area contributed by atoms with Crippen LogP contribution in [0.15, 0.2) is 41.4 Å². The Kier molecular flexibility index (Phi) is 4.51. The summed E-state index contributed by atoms with van der Waals surface area (Å²) in [5, 5.41) is 1.08. The number of benzene rings is 2. The molecule has 0 aliphatic carbocycles. The molecule has 2 aromatic rings. The summed E-state index contributed by atoms with van der Waals surface area (Å²) >= 11 is 12.4. The molecular formula is C22H21Cl2N3O3. The molecule has 30 heavy (non-hydrogen) atoms. The molecule has 2 spiro atoms. The smallest absolute Gasteiger partial charge is 0.261 e. The number of amides is 1. The first kappa shape index (κ1) is 19.7. The third-order valence-corrected chi connectivity index (χ3v) is 6.56. The molecule has 0 radical (unpaired) electrons. The Bertz CT molecular complexity index is 1060. The average Bonchev–Trinajstić information content (AvgIpc) is 2.91. The highest BCUT2D eigenvalue weighted by Gasteiger charge is 2.58. The SMILES string of the molecule is CN1C(=O)[C@@]2(C[C@]3(CCCOC3)Oc3ccc(-c4cc(Cl)cc(Cl)c4)cc32)N=C1N. The number of hydrogen-bond acceptors (Lipinski definition) is 5. The van der Waals surface area contributed by atoms with Crippen LogP contribution in [0.5, 0.6) is 5.75 Å². The molecule has 2 N–H and O–H groups in total. The van der Waals surface area contributed by atoms with Crippen molar-refractivity contribution in [1.82, 2.24) is 4.90 Å². The Labute approximate surface area is 184 Å². The van der Waals surface area contributed by atoms with Gasteiger partial charge in [-0.05, 0) is 54.3 Å². The van der Waals surface area contributed by atoms with Crippen molar-refractivity contribution in [3.8, 4) is 16.9 Å². The Morgan fingerprint density at radius 1 is 1.13 bits per heavy atom. The van der Waals surface area contributed by atoms with Crippen molar-refractivity contribution in [2.24, 2.45) is 10.7 Å². The van der Waals surface area contributed by atoms with Gasteiger partial charge in [-0.2, -0.15) is 0 Å². The fourth-order valence-electron chi connectivity index (χ4n) is 4.71. The van der Waals surface area contributed by atoms with E-state index in [9.17, 15) is 4.79 Å². The van der Waals surface area contributed by atoms with E-state index in [1.165, 1.54) is 4.90 Å². The van der Waals surface area contributed by atoms with Crippen LogP contribution in [0.2, 0.25) is 10.0 Å². The van der Waals surface area contributed by atoms with Gasteiger partial charge in [0.25, 0.3) is 5.91 Å². The molecule has 2 aromatic carbocycles. The maximum atomic E-state index is 13.4. The molecule has 0 aromatic heterocycles. The van der Waals surface area contributed by atoms with Gasteiger partial charge in [-0.25, -0.2) is 4.99 Å². The fourth-order valence-corrected chi connectivity index (χ4v) is 5.24. The van der Waals surface area contributed by atoms with E-state index in [1.807, 2.05) is 30.3 Å². The Hall–Kier alpha value is -2.28. The number of halogens is 2. The number of carbonyl (C=O) groups excluding carboxylic acids is 1. The van der Waals surface area contributed by atoms with Crippen LogP contribution >= 0.6 is 23.2 Å². The summed E-state index contributed by atoms with van der Waals surface area (Å²) in [6.07, 6.45) is 2.05. The van der Waals surface area contributed by atoms with Gasteiger partial charge in [0.1, 0.15) is 11.4 Å². The summed E-state index contributed by atoms with van der Waals surface area (Å²) in [5.41, 5.74) is 6.77. The molecule has 3 aliphatic heterocycles. The number of nitrogens with two attached hydrogens (primary N) is 1. The fraction of sp³-hybridized carbons (Fsp3) is 0.364. The molecule has 0 unspecified atom stereocenters.